The summed E-state index contributed by atoms with van der Waals surface area (Å²) in [5.41, 5.74) is 25.1. The van der Waals surface area contributed by atoms with Crippen LogP contribution in [-0.2, 0) is 49.5 Å². The topological polar surface area (TPSA) is 182 Å². The second-order valence-electron chi connectivity index (χ2n) is 20.2. The summed E-state index contributed by atoms with van der Waals surface area (Å²) in [7, 11) is 4.76. The summed E-state index contributed by atoms with van der Waals surface area (Å²) in [6.07, 6.45) is 3.81. The average Bonchev–Trinajstić information content (AvgIpc) is 4.27. The van der Waals surface area contributed by atoms with Gasteiger partial charge in [0.25, 0.3) is 0 Å². The number of para-hydroxylation sites is 4. The predicted molar refractivity (Wildman–Crippen MR) is 344 cm³/mol. The Morgan fingerprint density at radius 2 is 0.892 bits per heavy atom. The maximum Gasteiger partial charge on any atom is 1.00 e. The maximum absolute atomic E-state index is 11.9. The molecule has 0 saturated heterocycles. The number of hydrogen-bond acceptors (Lipinski definition) is 7. The van der Waals surface area contributed by atoms with Gasteiger partial charge in [-0.3, -0.25) is 4.79 Å². The molecular weight excluding hydrogens is 1330 g/mol. The van der Waals surface area contributed by atoms with Crippen molar-refractivity contribution in [2.45, 2.75) is 66.5 Å². The number of halogens is 2. The van der Waals surface area contributed by atoms with Crippen LogP contribution in [0.4, 0.5) is 0 Å². The van der Waals surface area contributed by atoms with Crippen LogP contribution in [0.5, 0.6) is 0 Å². The van der Waals surface area contributed by atoms with Crippen LogP contribution in [0.1, 0.15) is 81.3 Å². The van der Waals surface area contributed by atoms with Crippen molar-refractivity contribution < 1.29 is 81.0 Å². The van der Waals surface area contributed by atoms with Crippen LogP contribution < -0.4 is 57.1 Å². The van der Waals surface area contributed by atoms with Crippen molar-refractivity contribution in [3.05, 3.63) is 215 Å². The molecule has 13 nitrogen and oxygen atoms in total. The number of carboxylic acid groups (broad SMARTS) is 1. The molecule has 0 aliphatic heterocycles. The molecule has 4 N–H and O–H groups in total. The van der Waals surface area contributed by atoms with Crippen LogP contribution in [-0.4, -0.2) is 60.7 Å². The number of aromatic carboxylic acids is 1. The Labute approximate surface area is 554 Å². The first-order chi connectivity index (χ1) is 39.3. The van der Waals surface area contributed by atoms with Crippen molar-refractivity contribution in [2.75, 3.05) is 0 Å². The molecule has 0 saturated carbocycles. The summed E-state index contributed by atoms with van der Waals surface area (Å²) < 4.78 is 8.96. The molecule has 12 aromatic rings. The minimum absolute atomic E-state index is 0. The summed E-state index contributed by atoms with van der Waals surface area (Å²) in [4.78, 5) is 43.7. The first-order valence-corrected chi connectivity index (χ1v) is 36.0. The monoisotopic (exact) mass is 1390 g/mol. The minimum atomic E-state index is -0.921. The van der Waals surface area contributed by atoms with Gasteiger partial charge in [-0.1, -0.05) is 123 Å². The number of carboxylic acids is 1. The third-order valence-electron chi connectivity index (χ3n) is 14.8. The van der Waals surface area contributed by atoms with Crippen molar-refractivity contribution in [3.8, 4) is 45.0 Å². The Kier molecular flexibility index (Phi) is 21.6. The molecule has 1 amide bonds. The zero-order valence-electron chi connectivity index (χ0n) is 47.5. The average molecular weight is 1390 g/mol. The fraction of sp³-hybridized carbons (Fsp3) is 0.182. The van der Waals surface area contributed by atoms with E-state index in [-0.39, 0.29) is 56.9 Å². The van der Waals surface area contributed by atoms with Gasteiger partial charge in [-0.05, 0) is 132 Å². The van der Waals surface area contributed by atoms with Crippen molar-refractivity contribution in [1.29, 1.82) is 0 Å². The molecule has 8 aromatic carbocycles. The number of aromatic nitrogens is 8. The van der Waals surface area contributed by atoms with Crippen molar-refractivity contribution in [2.24, 2.45) is 19.8 Å². The number of carbonyl (C=O) groups is 2. The van der Waals surface area contributed by atoms with Crippen LogP contribution in [0.2, 0.25) is 0 Å². The van der Waals surface area contributed by atoms with Gasteiger partial charge in [-0.15, -0.1) is 0 Å². The summed E-state index contributed by atoms with van der Waals surface area (Å²) in [6, 6.07) is 56.4. The van der Waals surface area contributed by atoms with Gasteiger partial charge in [0.2, 0.25) is 5.91 Å². The zero-order valence-corrected chi connectivity index (χ0v) is 56.3. The number of fused-ring (bicyclic) bond motifs is 4. The first-order valence-electron chi connectivity index (χ1n) is 27.0. The zero-order chi connectivity index (χ0) is 56.9. The molecule has 83 heavy (non-hydrogen) atoms. The number of amides is 1. The molecular formula is C66H62I2KN9O4V. The second-order valence-corrected chi connectivity index (χ2v) is 32.0. The molecule has 4 heterocycles. The third-order valence-corrected chi connectivity index (χ3v) is 14.8. The standard InChI is InChI=1S/C33H31N5O.C33H30N4O2.2HI.K.H2O.V/c1-4-9-30-36-31-21(2)18-24(33-35-27-12-7-8-13-28(27)37(33)3)19-29(31)38(30)20-22-14-16-23(17-15-22)25-10-5-6-11-26(25)32(34)39;1-4-9-30-35-31-21(2)18-24(32-34-27-12-7-8-13-28(27)36(32)3)19-29(31)37(30)20-22-14-16-23(17-15-22)25-10-5-6-11-26(25)33(38)39;;;;;/h5-8,10-19H,4,9,20H2,1-3H3,(H2,34,39);5-8,10-19H,4,9,20H2,1-3H3,(H,38,39);2*1H;;1H2;/q;;;;+1;;+2/p-3. The van der Waals surface area contributed by atoms with Crippen LogP contribution in [0, 0.1) is 13.8 Å². The molecule has 0 bridgehead atoms. The van der Waals surface area contributed by atoms with Crippen LogP contribution in [0.3, 0.4) is 0 Å². The van der Waals surface area contributed by atoms with E-state index in [0.29, 0.717) is 33.7 Å². The third kappa shape index (κ3) is 13.5. The Hall–Kier alpha value is -5.78. The molecule has 415 valence electrons. The van der Waals surface area contributed by atoms with Gasteiger partial charge in [-0.25, -0.2) is 24.7 Å². The van der Waals surface area contributed by atoms with Crippen LogP contribution in [0.15, 0.2) is 170 Å². The molecule has 4 aromatic heterocycles. The van der Waals surface area contributed by atoms with E-state index < -0.39 is 11.9 Å². The molecule has 17 heteroatoms. The number of carbonyl (C=O) groups excluding carboxylic acids is 1. The Morgan fingerprint density at radius 1 is 0.518 bits per heavy atom. The van der Waals surface area contributed by atoms with E-state index >= 15 is 0 Å². The van der Waals surface area contributed by atoms with E-state index in [1.54, 1.807) is 18.2 Å². The molecule has 0 unspecified atom stereocenters. The van der Waals surface area contributed by atoms with Gasteiger partial charge >= 0.3 is 107 Å². The first kappa shape index (κ1) is 63.2. The van der Waals surface area contributed by atoms with Gasteiger partial charge in [0.15, 0.2) is 0 Å². The van der Waals surface area contributed by atoms with Gasteiger partial charge in [0, 0.05) is 56.7 Å². The van der Waals surface area contributed by atoms with Crippen LogP contribution >= 0.6 is 40.0 Å². The number of nitrogens with zero attached hydrogens (tertiary/aromatic N) is 8. The molecule has 12 rings (SSSR count). The number of nitrogens with two attached hydrogens (primary N) is 1. The van der Waals surface area contributed by atoms with Gasteiger partial charge in [-0.2, -0.15) is 0 Å². The van der Waals surface area contributed by atoms with E-state index in [4.69, 9.17) is 25.7 Å². The SMILES string of the molecule is CCCc1nc2c(C)cc(-c3nc4ccccc4n3C)cc2n1Cc1ccc(-c2ccccc2C(=O)O)cc1.CCCc1nc2c(C)cc(-c3nc4ccccc4n3C)cc2n1Cc1ccc(-c2ccccc2C(N)=O)cc1.[I][V][I].[K+].[OH-]. The molecule has 0 spiro atoms. The van der Waals surface area contributed by atoms with Crippen molar-refractivity contribution in [1.82, 2.24) is 38.2 Å². The minimum Gasteiger partial charge on any atom is -0.870 e. The number of imidazole rings is 4. The Bertz CT molecular complexity index is 4010. The number of benzene rings is 8. The van der Waals surface area contributed by atoms with E-state index in [1.807, 2.05) is 72.8 Å². The number of primary amides is 1. The Balaban J connectivity index is 0.000000202. The molecule has 0 radical (unpaired) electrons. The fourth-order valence-electron chi connectivity index (χ4n) is 10.9. The number of rotatable bonds is 14. The predicted octanol–water partition coefficient (Wildman–Crippen LogP) is 12.5. The summed E-state index contributed by atoms with van der Waals surface area (Å²) in [5, 5.41) is 9.60. The van der Waals surface area contributed by atoms with Crippen molar-refractivity contribution >= 4 is 96.0 Å². The van der Waals surface area contributed by atoms with E-state index in [1.165, 1.54) is 0 Å². The van der Waals surface area contributed by atoms with Gasteiger partial charge in [0.05, 0.1) is 49.7 Å². The summed E-state index contributed by atoms with van der Waals surface area (Å²) in [5.74, 6) is 2.70. The number of hydrogen-bond donors (Lipinski definition) is 2. The largest absolute Gasteiger partial charge is 1.00 e. The molecule has 0 fully saturated rings. The normalized spacial score (nSPS) is 10.9. The summed E-state index contributed by atoms with van der Waals surface area (Å²) in [6.45, 7) is 10.00. The molecule has 0 aliphatic rings. The quantitative estimate of drug-likeness (QED) is 0.0797. The van der Waals surface area contributed by atoms with Gasteiger partial charge in [0.1, 0.15) is 23.3 Å². The van der Waals surface area contributed by atoms with Gasteiger partial charge < -0.3 is 34.6 Å². The second kappa shape index (κ2) is 28.4. The van der Waals surface area contributed by atoms with Crippen LogP contribution in [0.25, 0.3) is 89.2 Å². The van der Waals surface area contributed by atoms with E-state index in [9.17, 15) is 14.7 Å². The molecule has 0 atom stereocenters. The van der Waals surface area contributed by atoms with Crippen molar-refractivity contribution in [3.63, 3.8) is 0 Å². The fourth-order valence-corrected chi connectivity index (χ4v) is 10.9. The summed E-state index contributed by atoms with van der Waals surface area (Å²) >= 11 is 4.74. The maximum atomic E-state index is 11.9. The molecule has 0 aliphatic carbocycles. The number of aryl methyl sites for hydroxylation is 6. The van der Waals surface area contributed by atoms with E-state index in [0.717, 1.165) is 149 Å². The van der Waals surface area contributed by atoms with E-state index in [2.05, 4.69) is 179 Å². The Morgan fingerprint density at radius 3 is 1.28 bits per heavy atom. The smallest absolute Gasteiger partial charge is 0.870 e.